The summed E-state index contributed by atoms with van der Waals surface area (Å²) in [7, 11) is 0. The fraction of sp³-hybridized carbons (Fsp3) is 0.0833. The number of para-hydroxylation sites is 3. The number of nitrogens with one attached hydrogen (secondary N) is 2. The van der Waals surface area contributed by atoms with E-state index in [1.807, 2.05) is 24.3 Å². The van der Waals surface area contributed by atoms with E-state index < -0.39 is 0 Å². The van der Waals surface area contributed by atoms with Crippen molar-refractivity contribution in [2.75, 3.05) is 17.2 Å². The first kappa shape index (κ1) is 20.8. The summed E-state index contributed by atoms with van der Waals surface area (Å²) in [5.41, 5.74) is 2.02. The van der Waals surface area contributed by atoms with Crippen LogP contribution in [0.4, 0.5) is 11.4 Å². The van der Waals surface area contributed by atoms with Crippen LogP contribution in [0.15, 0.2) is 89.9 Å². The van der Waals surface area contributed by atoms with Gasteiger partial charge in [0.1, 0.15) is 12.3 Å². The lowest BCUT2D eigenvalue weighted by atomic mass is 10.3. The smallest absolute Gasteiger partial charge is 0.269 e. The van der Waals surface area contributed by atoms with E-state index >= 15 is 0 Å². The second-order valence-corrected chi connectivity index (χ2v) is 6.95. The molecule has 0 saturated carbocycles. The van der Waals surface area contributed by atoms with Crippen LogP contribution in [-0.2, 0) is 16.1 Å². The van der Waals surface area contributed by atoms with Gasteiger partial charge in [0.05, 0.1) is 17.2 Å². The van der Waals surface area contributed by atoms with Gasteiger partial charge in [-0.25, -0.2) is 4.98 Å². The Morgan fingerprint density at radius 1 is 0.844 bits per heavy atom. The van der Waals surface area contributed by atoms with Gasteiger partial charge in [0.25, 0.3) is 11.5 Å². The largest absolute Gasteiger partial charge is 0.484 e. The molecule has 3 aromatic carbocycles. The van der Waals surface area contributed by atoms with Gasteiger partial charge in [-0.05, 0) is 36.4 Å². The number of fused-ring (bicyclic) bond motifs is 1. The van der Waals surface area contributed by atoms with Crippen molar-refractivity contribution in [3.8, 4) is 5.75 Å². The number of carbonyl (C=O) groups is 2. The van der Waals surface area contributed by atoms with E-state index in [1.165, 1.54) is 10.8 Å². The Kier molecular flexibility index (Phi) is 6.22. The quantitative estimate of drug-likeness (QED) is 0.471. The summed E-state index contributed by atoms with van der Waals surface area (Å²) in [6, 6.07) is 22.9. The summed E-state index contributed by atoms with van der Waals surface area (Å²) >= 11 is 0. The van der Waals surface area contributed by atoms with Crippen LogP contribution in [0, 0.1) is 0 Å². The molecule has 0 atom stereocenters. The molecule has 8 nitrogen and oxygen atoms in total. The maximum absolute atomic E-state index is 12.6. The third-order valence-corrected chi connectivity index (χ3v) is 4.60. The molecule has 160 valence electrons. The third-order valence-electron chi connectivity index (χ3n) is 4.60. The van der Waals surface area contributed by atoms with Gasteiger partial charge in [-0.3, -0.25) is 19.0 Å². The van der Waals surface area contributed by atoms with E-state index in [0.717, 1.165) is 0 Å². The van der Waals surface area contributed by atoms with Crippen LogP contribution in [0.5, 0.6) is 5.75 Å². The Bertz CT molecular complexity index is 1320. The van der Waals surface area contributed by atoms with Gasteiger partial charge >= 0.3 is 0 Å². The minimum absolute atomic E-state index is 0.160. The molecule has 0 bridgehead atoms. The van der Waals surface area contributed by atoms with E-state index in [2.05, 4.69) is 15.6 Å². The molecule has 4 rings (SSSR count). The summed E-state index contributed by atoms with van der Waals surface area (Å²) in [5, 5.41) is 5.49. The molecule has 2 amide bonds. The number of hydrogen-bond acceptors (Lipinski definition) is 5. The molecule has 32 heavy (non-hydrogen) atoms. The summed E-state index contributed by atoms with van der Waals surface area (Å²) in [6.45, 7) is -0.336. The van der Waals surface area contributed by atoms with Crippen molar-refractivity contribution in [1.82, 2.24) is 9.55 Å². The monoisotopic (exact) mass is 428 g/mol. The number of carbonyl (C=O) groups excluding carboxylic acids is 2. The van der Waals surface area contributed by atoms with Gasteiger partial charge in [0, 0.05) is 17.4 Å². The Hall–Kier alpha value is -4.46. The zero-order chi connectivity index (χ0) is 22.3. The summed E-state index contributed by atoms with van der Waals surface area (Å²) in [5.74, 6) is -0.241. The van der Waals surface area contributed by atoms with Gasteiger partial charge in [0.2, 0.25) is 5.91 Å². The van der Waals surface area contributed by atoms with E-state index in [9.17, 15) is 14.4 Å². The molecule has 0 saturated heterocycles. The molecule has 0 aliphatic rings. The van der Waals surface area contributed by atoms with Crippen molar-refractivity contribution >= 4 is 34.2 Å². The Balaban J connectivity index is 1.38. The van der Waals surface area contributed by atoms with E-state index in [0.29, 0.717) is 28.2 Å². The van der Waals surface area contributed by atoms with Crippen LogP contribution in [0.3, 0.4) is 0 Å². The lowest BCUT2D eigenvalue weighted by Crippen LogP contribution is -2.28. The SMILES string of the molecule is O=C(COc1cccc(NC(=O)Cn2c(=O)cnc3ccccc32)c1)Nc1ccccc1. The molecule has 4 aromatic rings. The second-order valence-electron chi connectivity index (χ2n) is 6.95. The molecule has 1 aromatic heterocycles. The highest BCUT2D eigenvalue weighted by Gasteiger charge is 2.10. The van der Waals surface area contributed by atoms with E-state index in [-0.39, 0.29) is 30.5 Å². The van der Waals surface area contributed by atoms with Crippen molar-refractivity contribution in [3.05, 3.63) is 95.4 Å². The number of nitrogens with zero attached hydrogens (tertiary/aromatic N) is 2. The summed E-state index contributed by atoms with van der Waals surface area (Å²) in [4.78, 5) is 40.9. The van der Waals surface area contributed by atoms with Crippen molar-refractivity contribution in [1.29, 1.82) is 0 Å². The highest BCUT2D eigenvalue weighted by Crippen LogP contribution is 2.18. The van der Waals surface area contributed by atoms with Gasteiger partial charge in [-0.1, -0.05) is 36.4 Å². The number of hydrogen-bond donors (Lipinski definition) is 2. The van der Waals surface area contributed by atoms with Crippen LogP contribution < -0.4 is 20.9 Å². The number of aromatic nitrogens is 2. The van der Waals surface area contributed by atoms with Gasteiger partial charge in [-0.2, -0.15) is 0 Å². The molecule has 2 N–H and O–H groups in total. The Morgan fingerprint density at radius 2 is 1.56 bits per heavy atom. The highest BCUT2D eigenvalue weighted by molar-refractivity contribution is 5.92. The maximum Gasteiger partial charge on any atom is 0.269 e. The van der Waals surface area contributed by atoms with Crippen LogP contribution in [-0.4, -0.2) is 28.0 Å². The summed E-state index contributed by atoms with van der Waals surface area (Å²) < 4.78 is 6.90. The lowest BCUT2D eigenvalue weighted by molar-refractivity contribution is -0.118. The minimum Gasteiger partial charge on any atom is -0.484 e. The van der Waals surface area contributed by atoms with Crippen LogP contribution >= 0.6 is 0 Å². The van der Waals surface area contributed by atoms with Gasteiger partial charge in [-0.15, -0.1) is 0 Å². The number of benzene rings is 3. The zero-order valence-electron chi connectivity index (χ0n) is 17.0. The molecule has 0 aliphatic heterocycles. The van der Waals surface area contributed by atoms with Crippen LogP contribution in [0.1, 0.15) is 0 Å². The highest BCUT2D eigenvalue weighted by atomic mass is 16.5. The predicted octanol–water partition coefficient (Wildman–Crippen LogP) is 3.05. The lowest BCUT2D eigenvalue weighted by Gasteiger charge is -2.11. The van der Waals surface area contributed by atoms with Crippen molar-refractivity contribution in [2.45, 2.75) is 6.54 Å². The van der Waals surface area contributed by atoms with Gasteiger partial charge in [0.15, 0.2) is 6.61 Å². The van der Waals surface area contributed by atoms with Crippen molar-refractivity contribution in [3.63, 3.8) is 0 Å². The predicted molar refractivity (Wildman–Crippen MR) is 122 cm³/mol. The zero-order valence-corrected chi connectivity index (χ0v) is 17.0. The molecule has 0 fully saturated rings. The molecule has 0 radical (unpaired) electrons. The van der Waals surface area contributed by atoms with Gasteiger partial charge < -0.3 is 15.4 Å². The number of ether oxygens (including phenoxy) is 1. The standard InChI is InChI=1S/C24H20N4O4/c29-22(15-28-21-12-5-4-11-20(21)25-14-24(28)31)27-18-9-6-10-19(13-18)32-16-23(30)26-17-7-2-1-3-8-17/h1-14H,15-16H2,(H,26,30)(H,27,29). The number of anilines is 2. The number of rotatable bonds is 7. The number of amides is 2. The van der Waals surface area contributed by atoms with Crippen LogP contribution in [0.25, 0.3) is 11.0 Å². The molecule has 0 aliphatic carbocycles. The fourth-order valence-electron chi connectivity index (χ4n) is 3.15. The average molecular weight is 428 g/mol. The molecule has 0 unspecified atom stereocenters. The van der Waals surface area contributed by atoms with Crippen molar-refractivity contribution < 1.29 is 14.3 Å². The Morgan fingerprint density at radius 3 is 2.41 bits per heavy atom. The Labute approximate surface area is 183 Å². The molecular weight excluding hydrogens is 408 g/mol. The third kappa shape index (κ3) is 5.17. The first-order chi connectivity index (χ1) is 15.6. The fourth-order valence-corrected chi connectivity index (χ4v) is 3.15. The first-order valence-corrected chi connectivity index (χ1v) is 9.91. The second kappa shape index (κ2) is 9.57. The average Bonchev–Trinajstić information content (AvgIpc) is 2.80. The first-order valence-electron chi connectivity index (χ1n) is 9.91. The maximum atomic E-state index is 12.6. The van der Waals surface area contributed by atoms with E-state index in [1.54, 1.807) is 54.6 Å². The van der Waals surface area contributed by atoms with Crippen LogP contribution in [0.2, 0.25) is 0 Å². The molecule has 0 spiro atoms. The normalized spacial score (nSPS) is 10.5. The molecule has 8 heteroatoms. The topological polar surface area (TPSA) is 102 Å². The summed E-state index contributed by atoms with van der Waals surface area (Å²) in [6.07, 6.45) is 1.20. The van der Waals surface area contributed by atoms with E-state index in [4.69, 9.17) is 4.74 Å². The molecule has 1 heterocycles. The van der Waals surface area contributed by atoms with Crippen molar-refractivity contribution in [2.24, 2.45) is 0 Å². The minimum atomic E-state index is -0.373. The molecular formula is C24H20N4O4.